The molecule has 2 N–H and O–H groups in total. The first-order chi connectivity index (χ1) is 44.7. The van der Waals surface area contributed by atoms with Crippen molar-refractivity contribution in [1.82, 2.24) is 24.9 Å². The zero-order valence-corrected chi connectivity index (χ0v) is 52.9. The highest BCUT2D eigenvalue weighted by molar-refractivity contribution is 6.31. The molecule has 3 aliphatic heterocycles. The number of hydrogen-bond donors (Lipinski definition) is 2. The van der Waals surface area contributed by atoms with E-state index < -0.39 is 159 Å². The van der Waals surface area contributed by atoms with Crippen LogP contribution in [0.5, 0.6) is 5.75 Å². The van der Waals surface area contributed by atoms with Gasteiger partial charge in [0.1, 0.15) is 51.3 Å². The summed E-state index contributed by atoms with van der Waals surface area (Å²) in [5, 5.41) is 18.6. The molecule has 0 radical (unpaired) electrons. The lowest BCUT2D eigenvalue weighted by atomic mass is 9.98. The zero-order valence-electron chi connectivity index (χ0n) is 52.1. The molecule has 2 saturated heterocycles. The van der Waals surface area contributed by atoms with E-state index in [-0.39, 0.29) is 38.1 Å². The highest BCUT2D eigenvalue weighted by Crippen LogP contribution is 2.37. The van der Waals surface area contributed by atoms with Crippen molar-refractivity contribution in [3.63, 3.8) is 0 Å². The number of carbonyl (C=O) groups excluding carboxylic acids is 10. The first-order valence-corrected chi connectivity index (χ1v) is 29.3. The molecule has 1 unspecified atom stereocenters. The van der Waals surface area contributed by atoms with Crippen molar-refractivity contribution in [2.75, 3.05) is 72.3 Å². The van der Waals surface area contributed by atoms with Crippen molar-refractivity contribution in [2.45, 2.75) is 102 Å². The van der Waals surface area contributed by atoms with Crippen LogP contribution in [-0.4, -0.2) is 194 Å². The number of nitro groups is 1. The maximum absolute atomic E-state index is 14.1. The summed E-state index contributed by atoms with van der Waals surface area (Å²) < 4.78 is 64.4. The molecule has 6 rings (SSSR count). The normalized spacial score (nSPS) is 18.2. The number of piperidine rings is 1. The summed E-state index contributed by atoms with van der Waals surface area (Å²) in [6.07, 6.45) is -11.7. The molecule has 3 aromatic carbocycles. The van der Waals surface area contributed by atoms with Crippen molar-refractivity contribution in [3.05, 3.63) is 148 Å². The number of imide groups is 1. The second-order valence-corrected chi connectivity index (χ2v) is 22.1. The molecule has 0 aromatic heterocycles. The van der Waals surface area contributed by atoms with Gasteiger partial charge in [-0.3, -0.25) is 34.3 Å². The molecule has 32 heteroatoms. The van der Waals surface area contributed by atoms with Gasteiger partial charge in [-0.15, -0.1) is 0 Å². The van der Waals surface area contributed by atoms with E-state index in [1.54, 1.807) is 64.2 Å². The molecule has 2 fully saturated rings. The highest BCUT2D eigenvalue weighted by Gasteiger charge is 2.57. The van der Waals surface area contributed by atoms with Crippen molar-refractivity contribution < 1.29 is 110 Å². The smallest absolute Gasteiger partial charge is 0.459 e. The minimum Gasteiger partial charge on any atom is -0.459 e. The minimum absolute atomic E-state index is 0.0105. The van der Waals surface area contributed by atoms with E-state index in [0.29, 0.717) is 47.0 Å². The van der Waals surface area contributed by atoms with Gasteiger partial charge in [0, 0.05) is 62.5 Å². The van der Waals surface area contributed by atoms with Crippen LogP contribution in [0.15, 0.2) is 105 Å². The molecule has 3 aromatic rings. The molecule has 0 spiro atoms. The molecule has 0 aliphatic carbocycles. The molecule has 3 aliphatic rings. The molecule has 506 valence electrons. The largest absolute Gasteiger partial charge is 0.509 e. The van der Waals surface area contributed by atoms with Gasteiger partial charge in [-0.2, -0.15) is 0 Å². The lowest BCUT2D eigenvalue weighted by molar-refractivity contribution is -0.387. The number of hydrogen-bond acceptors (Lipinski definition) is 24. The van der Waals surface area contributed by atoms with Crippen LogP contribution in [0.3, 0.4) is 0 Å². The Hall–Kier alpha value is -10.3. The predicted molar refractivity (Wildman–Crippen MR) is 327 cm³/mol. The van der Waals surface area contributed by atoms with Crippen LogP contribution in [0.25, 0.3) is 0 Å². The average molecular weight is 1330 g/mol. The number of rotatable bonds is 29. The third-order valence-electron chi connectivity index (χ3n) is 13.6. The number of nitro benzene ring substituents is 1. The number of carbonyl (C=O) groups is 10. The van der Waals surface area contributed by atoms with E-state index >= 15 is 0 Å². The minimum atomic E-state index is -2.19. The van der Waals surface area contributed by atoms with Crippen LogP contribution >= 0.6 is 11.6 Å². The number of likely N-dealkylation sites (tertiary alicyclic amines) is 1. The zero-order chi connectivity index (χ0) is 68.8. The number of halogens is 1. The van der Waals surface area contributed by atoms with Crippen LogP contribution in [-0.2, 0) is 92.6 Å². The maximum Gasteiger partial charge on any atom is 0.509 e. The van der Waals surface area contributed by atoms with E-state index in [1.807, 2.05) is 0 Å². The Morgan fingerprint density at radius 3 is 2.02 bits per heavy atom. The van der Waals surface area contributed by atoms with Crippen LogP contribution < -0.4 is 15.4 Å². The van der Waals surface area contributed by atoms with Crippen molar-refractivity contribution in [3.8, 4) is 5.75 Å². The molecular formula is C62H72ClN7O24. The van der Waals surface area contributed by atoms with E-state index in [2.05, 4.69) is 36.9 Å². The molecule has 31 nitrogen and oxygen atoms in total. The number of ether oxygens (including phenoxy) is 12. The Morgan fingerprint density at radius 1 is 0.766 bits per heavy atom. The van der Waals surface area contributed by atoms with Gasteiger partial charge in [-0.1, -0.05) is 86.5 Å². The summed E-state index contributed by atoms with van der Waals surface area (Å²) in [5.41, 5.74) is 1.23. The predicted octanol–water partition coefficient (Wildman–Crippen LogP) is 7.65. The SMILES string of the molecule is C=CCOC(=O)O[C@@H]1[C@@H](OC(=O)OCC=C)[C@H](Oc2ccc(COC(=O)N(C)CN3C(=O)CCC(N4Cc5cc(CNC(=O)Nc6ccc(CCOCCN(C)C(=O)OC(C)(C)C)c(Cl)c6)ccc5C4=O)C3=O)cc2[N+](=O)[O-])O[C@H](C(=O)OCC=C)[C@H]1OC(=O)OCC=C. The summed E-state index contributed by atoms with van der Waals surface area (Å²) in [4.78, 5) is 148. The standard InChI is InChI=1S/C62H72ClN7O24/c1-10-24-84-54(74)50-48(91-59(78)85-25-11-2)49(92-60(79)86-26-12-3)51(93-61(80)87-27-13-4)55(90-50)89-46-20-15-38(31-45(46)70(81)82)35-88-57(76)67(9)36-69-47(71)21-19-44(53(69)73)68-34-40-30-37(14-18-42(40)52(68)72)33-64-56(75)65-41-17-16-39(43(63)32-41)22-28-83-29-23-66(8)58(77)94-62(5,6)7/h10-18,20,30-32,44,48-51,55H,1-4,19,21-29,33-36H2,5-9H3,(H2,64,65,75)/t44?,48-,49-,50-,51+,55+/m0/s1. The van der Waals surface area contributed by atoms with E-state index in [9.17, 15) is 58.1 Å². The number of fused-ring (bicyclic) bond motifs is 1. The second-order valence-electron chi connectivity index (χ2n) is 21.7. The quantitative estimate of drug-likeness (QED) is 0.0128. The maximum atomic E-state index is 14.1. The highest BCUT2D eigenvalue weighted by atomic mass is 35.5. The summed E-state index contributed by atoms with van der Waals surface area (Å²) >= 11 is 6.53. The molecule has 6 atom stereocenters. The van der Waals surface area contributed by atoms with Gasteiger partial charge < -0.3 is 77.3 Å². The van der Waals surface area contributed by atoms with E-state index in [4.69, 9.17) is 68.4 Å². The lowest BCUT2D eigenvalue weighted by Gasteiger charge is -2.42. The Labute approximate surface area is 544 Å². The van der Waals surface area contributed by atoms with Crippen LogP contribution in [0.2, 0.25) is 5.02 Å². The topological polar surface area (TPSA) is 362 Å². The number of anilines is 1. The first kappa shape index (κ1) is 72.8. The van der Waals surface area contributed by atoms with Gasteiger partial charge in [0.2, 0.25) is 18.3 Å². The number of nitrogens with one attached hydrogen (secondary N) is 2. The van der Waals surface area contributed by atoms with Crippen LogP contribution in [0.4, 0.5) is 40.1 Å². The van der Waals surface area contributed by atoms with Gasteiger partial charge in [0.15, 0.2) is 24.1 Å². The van der Waals surface area contributed by atoms with Crippen molar-refractivity contribution in [2.24, 2.45) is 0 Å². The number of likely N-dealkylation sites (N-methyl/N-ethyl adjacent to an activating group) is 1. The Morgan fingerprint density at radius 2 is 1.39 bits per heavy atom. The molecule has 0 bridgehead atoms. The summed E-state index contributed by atoms with van der Waals surface area (Å²) in [5.74, 6) is -3.84. The Kier molecular flexibility index (Phi) is 26.6. The fourth-order valence-electron chi connectivity index (χ4n) is 9.19. The number of amides is 7. The molecule has 3 heterocycles. The third-order valence-corrected chi connectivity index (χ3v) is 14.0. The molecule has 94 heavy (non-hydrogen) atoms. The van der Waals surface area contributed by atoms with Gasteiger partial charge >= 0.3 is 48.3 Å². The average Bonchev–Trinajstić information content (AvgIpc) is 1.29. The number of esters is 1. The fourth-order valence-corrected chi connectivity index (χ4v) is 9.46. The monoisotopic (exact) mass is 1330 g/mol. The summed E-state index contributed by atoms with van der Waals surface area (Å²) in [7, 11) is 2.84. The fraction of sp³-hybridized carbons (Fsp3) is 0.419. The Balaban J connectivity index is 1.06. The first-order valence-electron chi connectivity index (χ1n) is 29.0. The number of urea groups is 1. The van der Waals surface area contributed by atoms with Gasteiger partial charge in [0.05, 0.1) is 18.1 Å². The second kappa shape index (κ2) is 34.4. The summed E-state index contributed by atoms with van der Waals surface area (Å²) in [6.45, 7) is 17.1. The molecule has 0 saturated carbocycles. The van der Waals surface area contributed by atoms with Crippen LogP contribution in [0.1, 0.15) is 66.2 Å². The van der Waals surface area contributed by atoms with Crippen molar-refractivity contribution >= 4 is 83.4 Å². The number of nitrogens with zero attached hydrogens (tertiary/aromatic N) is 5. The van der Waals surface area contributed by atoms with Gasteiger partial charge in [-0.25, -0.2) is 33.6 Å². The lowest BCUT2D eigenvalue weighted by Crippen LogP contribution is -2.64. The molecule has 7 amide bonds. The van der Waals surface area contributed by atoms with E-state index in [1.165, 1.54) is 35.1 Å². The van der Waals surface area contributed by atoms with E-state index in [0.717, 1.165) is 39.6 Å². The summed E-state index contributed by atoms with van der Waals surface area (Å²) in [6, 6.07) is 11.5. The van der Waals surface area contributed by atoms with Crippen LogP contribution in [0, 0.1) is 10.1 Å². The molecular weight excluding hydrogens is 1260 g/mol. The van der Waals surface area contributed by atoms with Crippen molar-refractivity contribution in [1.29, 1.82) is 0 Å². The van der Waals surface area contributed by atoms with Gasteiger partial charge in [-0.05, 0) is 80.1 Å². The van der Waals surface area contributed by atoms with Gasteiger partial charge in [0.25, 0.3) is 11.8 Å². The number of benzene rings is 3. The Bertz CT molecular complexity index is 3360. The third kappa shape index (κ3) is 20.6.